The molecule has 126 valence electrons. The molecule has 2 rings (SSSR count). The van der Waals surface area contributed by atoms with E-state index in [0.29, 0.717) is 5.75 Å². The molecule has 0 heterocycles. The summed E-state index contributed by atoms with van der Waals surface area (Å²) in [5.74, 6) is -0.541. The van der Waals surface area contributed by atoms with E-state index in [4.69, 9.17) is 16.3 Å². The van der Waals surface area contributed by atoms with Gasteiger partial charge in [0.25, 0.3) is 5.69 Å². The summed E-state index contributed by atoms with van der Waals surface area (Å²) in [6, 6.07) is 10.3. The maximum absolute atomic E-state index is 13.5. The largest absolute Gasteiger partial charge is 0.461 e. The molecule has 2 aromatic rings. The molecule has 0 saturated heterocycles. The number of esters is 1. The predicted molar refractivity (Wildman–Crippen MR) is 89.6 cm³/mol. The topological polar surface area (TPSA) is 69.4 Å². The van der Waals surface area contributed by atoms with Crippen molar-refractivity contribution in [3.05, 3.63) is 69.0 Å². The predicted octanol–water partition coefficient (Wildman–Crippen LogP) is 4.61. The summed E-state index contributed by atoms with van der Waals surface area (Å²) in [6.45, 7) is -0.216. The van der Waals surface area contributed by atoms with Crippen LogP contribution in [0.1, 0.15) is 12.0 Å². The Kier molecular flexibility index (Phi) is 6.57. The quantitative estimate of drug-likeness (QED) is 0.308. The second kappa shape index (κ2) is 8.65. The van der Waals surface area contributed by atoms with Gasteiger partial charge in [0, 0.05) is 28.3 Å². The van der Waals surface area contributed by atoms with E-state index in [9.17, 15) is 19.3 Å². The van der Waals surface area contributed by atoms with Gasteiger partial charge < -0.3 is 4.74 Å². The molecule has 2 aromatic carbocycles. The number of carbonyl (C=O) groups is 1. The van der Waals surface area contributed by atoms with Crippen molar-refractivity contribution >= 4 is 35.0 Å². The van der Waals surface area contributed by atoms with Crippen molar-refractivity contribution in [2.45, 2.75) is 17.9 Å². The number of halogens is 2. The fourth-order valence-electron chi connectivity index (χ4n) is 1.81. The van der Waals surface area contributed by atoms with Gasteiger partial charge in [0.15, 0.2) is 0 Å². The van der Waals surface area contributed by atoms with E-state index in [2.05, 4.69) is 0 Å². The average molecular weight is 370 g/mol. The number of nitro benzene ring substituents is 1. The van der Waals surface area contributed by atoms with Crippen LogP contribution in [0.15, 0.2) is 47.4 Å². The molecule has 0 saturated carbocycles. The number of carbonyl (C=O) groups excluding carboxylic acids is 1. The van der Waals surface area contributed by atoms with Crippen LogP contribution in [0, 0.1) is 15.9 Å². The molecular formula is C16H13ClFNO4S. The molecular weight excluding hydrogens is 357 g/mol. The van der Waals surface area contributed by atoms with Crippen molar-refractivity contribution in [2.24, 2.45) is 0 Å². The van der Waals surface area contributed by atoms with Crippen molar-refractivity contribution < 1.29 is 18.8 Å². The smallest absolute Gasteiger partial charge is 0.306 e. The Hall–Kier alpha value is -2.12. The minimum atomic E-state index is -0.518. The highest BCUT2D eigenvalue weighted by Crippen LogP contribution is 2.23. The van der Waals surface area contributed by atoms with Gasteiger partial charge in [0.05, 0.1) is 16.4 Å². The van der Waals surface area contributed by atoms with Crippen molar-refractivity contribution in [3.63, 3.8) is 0 Å². The lowest BCUT2D eigenvalue weighted by Crippen LogP contribution is -2.07. The fourth-order valence-corrected chi connectivity index (χ4v) is 2.86. The number of nitro groups is 1. The summed E-state index contributed by atoms with van der Waals surface area (Å²) in [5, 5.41) is 10.8. The third kappa shape index (κ3) is 5.21. The number of benzene rings is 2. The second-order valence-corrected chi connectivity index (χ2v) is 6.29. The first-order valence-corrected chi connectivity index (χ1v) is 8.29. The lowest BCUT2D eigenvalue weighted by Gasteiger charge is -2.07. The highest BCUT2D eigenvalue weighted by molar-refractivity contribution is 7.99. The first-order chi connectivity index (χ1) is 11.5. The molecule has 8 heteroatoms. The van der Waals surface area contributed by atoms with Crippen LogP contribution >= 0.6 is 23.4 Å². The van der Waals surface area contributed by atoms with Crippen LogP contribution in [-0.2, 0) is 16.1 Å². The highest BCUT2D eigenvalue weighted by Gasteiger charge is 2.11. The van der Waals surface area contributed by atoms with Crippen LogP contribution in [0.3, 0.4) is 0 Å². The Morgan fingerprint density at radius 3 is 2.58 bits per heavy atom. The number of ether oxygens (including phenoxy) is 1. The van der Waals surface area contributed by atoms with Gasteiger partial charge in [-0.05, 0) is 24.3 Å². The first-order valence-electron chi connectivity index (χ1n) is 6.93. The molecule has 0 spiro atoms. The van der Waals surface area contributed by atoms with Gasteiger partial charge >= 0.3 is 5.97 Å². The molecule has 5 nitrogen and oxygen atoms in total. The summed E-state index contributed by atoms with van der Waals surface area (Å²) >= 11 is 7.22. The molecule has 0 aromatic heterocycles. The first kappa shape index (κ1) is 18.2. The number of thioether (sulfide) groups is 1. The summed E-state index contributed by atoms with van der Waals surface area (Å²) in [7, 11) is 0. The van der Waals surface area contributed by atoms with E-state index in [1.807, 2.05) is 0 Å². The summed E-state index contributed by atoms with van der Waals surface area (Å²) < 4.78 is 18.5. The normalized spacial score (nSPS) is 10.4. The molecule has 0 atom stereocenters. The average Bonchev–Trinajstić information content (AvgIpc) is 2.55. The van der Waals surface area contributed by atoms with Crippen LogP contribution < -0.4 is 0 Å². The van der Waals surface area contributed by atoms with Crippen LogP contribution in [0.5, 0.6) is 0 Å². The van der Waals surface area contributed by atoms with Crippen LogP contribution in [0.25, 0.3) is 0 Å². The Morgan fingerprint density at radius 1 is 1.25 bits per heavy atom. The SMILES string of the molecule is O=C(CCSc1ccc([N+](=O)[O-])cc1)OCc1c(F)cccc1Cl. The maximum Gasteiger partial charge on any atom is 0.306 e. The molecule has 0 aliphatic carbocycles. The fraction of sp³-hybridized carbons (Fsp3) is 0.188. The van der Waals surface area contributed by atoms with Gasteiger partial charge in [-0.1, -0.05) is 17.7 Å². The van der Waals surface area contributed by atoms with E-state index < -0.39 is 16.7 Å². The zero-order chi connectivity index (χ0) is 17.5. The second-order valence-electron chi connectivity index (χ2n) is 4.71. The minimum absolute atomic E-state index is 0.0144. The molecule has 0 unspecified atom stereocenters. The number of non-ortho nitro benzene ring substituents is 1. The zero-order valence-electron chi connectivity index (χ0n) is 12.4. The Labute approximate surface area is 146 Å². The van der Waals surface area contributed by atoms with Crippen LogP contribution in [-0.4, -0.2) is 16.6 Å². The van der Waals surface area contributed by atoms with Gasteiger partial charge in [-0.25, -0.2) is 4.39 Å². The lowest BCUT2D eigenvalue weighted by molar-refractivity contribution is -0.384. The lowest BCUT2D eigenvalue weighted by atomic mass is 10.2. The molecule has 24 heavy (non-hydrogen) atoms. The van der Waals surface area contributed by atoms with Gasteiger partial charge in [-0.3, -0.25) is 14.9 Å². The monoisotopic (exact) mass is 369 g/mol. The van der Waals surface area contributed by atoms with Crippen molar-refractivity contribution in [3.8, 4) is 0 Å². The Morgan fingerprint density at radius 2 is 1.96 bits per heavy atom. The van der Waals surface area contributed by atoms with E-state index in [1.165, 1.54) is 42.1 Å². The zero-order valence-corrected chi connectivity index (χ0v) is 14.0. The Balaban J connectivity index is 1.76. The van der Waals surface area contributed by atoms with Crippen molar-refractivity contribution in [2.75, 3.05) is 5.75 Å². The van der Waals surface area contributed by atoms with Gasteiger partial charge in [-0.15, -0.1) is 11.8 Å². The van der Waals surface area contributed by atoms with Crippen LogP contribution in [0.4, 0.5) is 10.1 Å². The number of nitrogens with zero attached hydrogens (tertiary/aromatic N) is 1. The molecule has 0 aliphatic heterocycles. The number of hydrogen-bond donors (Lipinski definition) is 0. The molecule has 0 amide bonds. The summed E-state index contributed by atoms with van der Waals surface area (Å²) in [4.78, 5) is 22.6. The molecule has 0 N–H and O–H groups in total. The van der Waals surface area contributed by atoms with E-state index in [1.54, 1.807) is 12.1 Å². The number of hydrogen-bond acceptors (Lipinski definition) is 5. The summed E-state index contributed by atoms with van der Waals surface area (Å²) in [6.07, 6.45) is 0.133. The molecule has 0 radical (unpaired) electrons. The minimum Gasteiger partial charge on any atom is -0.461 e. The van der Waals surface area contributed by atoms with E-state index in [0.717, 1.165) is 4.90 Å². The third-order valence-corrected chi connectivity index (χ3v) is 4.43. The standard InChI is InChI=1S/C16H13ClFNO4S/c17-14-2-1-3-15(18)13(14)10-23-16(20)8-9-24-12-6-4-11(5-7-12)19(21)22/h1-7H,8-10H2. The van der Waals surface area contributed by atoms with Crippen LogP contribution in [0.2, 0.25) is 5.02 Å². The highest BCUT2D eigenvalue weighted by atomic mass is 35.5. The van der Waals surface area contributed by atoms with Gasteiger partial charge in [0.1, 0.15) is 12.4 Å². The summed E-state index contributed by atoms with van der Waals surface area (Å²) in [5.41, 5.74) is 0.163. The third-order valence-electron chi connectivity index (χ3n) is 3.06. The number of rotatable bonds is 7. The van der Waals surface area contributed by atoms with Crippen molar-refractivity contribution in [1.29, 1.82) is 0 Å². The maximum atomic E-state index is 13.5. The molecule has 0 bridgehead atoms. The molecule has 0 aliphatic rings. The van der Waals surface area contributed by atoms with E-state index in [-0.39, 0.29) is 29.3 Å². The Bertz CT molecular complexity index is 719. The van der Waals surface area contributed by atoms with Gasteiger partial charge in [0.2, 0.25) is 0 Å². The van der Waals surface area contributed by atoms with Crippen molar-refractivity contribution in [1.82, 2.24) is 0 Å². The van der Waals surface area contributed by atoms with E-state index >= 15 is 0 Å². The molecule has 0 fully saturated rings. The van der Waals surface area contributed by atoms with Gasteiger partial charge in [-0.2, -0.15) is 0 Å².